The highest BCUT2D eigenvalue weighted by molar-refractivity contribution is 5.80. The largest absolute Gasteiger partial charge is 0.387 e. The average Bonchev–Trinajstić information content (AvgIpc) is 3.08. The predicted molar refractivity (Wildman–Crippen MR) is 120 cm³/mol. The maximum atomic E-state index is 13.2. The van der Waals surface area contributed by atoms with E-state index in [0.717, 1.165) is 55.9 Å². The van der Waals surface area contributed by atoms with E-state index < -0.39 is 5.60 Å². The van der Waals surface area contributed by atoms with Crippen LogP contribution in [0.4, 0.5) is 0 Å². The first-order valence-electron chi connectivity index (χ1n) is 12.9. The summed E-state index contributed by atoms with van der Waals surface area (Å²) in [6, 6.07) is 0. The van der Waals surface area contributed by atoms with Crippen LogP contribution in [0.15, 0.2) is 0 Å². The number of aliphatic hydroxyl groups is 1. The molecule has 0 unspecified atom stereocenters. The van der Waals surface area contributed by atoms with Crippen molar-refractivity contribution in [3.63, 3.8) is 0 Å². The van der Waals surface area contributed by atoms with Crippen molar-refractivity contribution >= 4 is 5.91 Å². The molecule has 1 amide bonds. The Morgan fingerprint density at radius 2 is 1.80 bits per heavy atom. The molecule has 30 heavy (non-hydrogen) atoms. The molecule has 4 fully saturated rings. The molecule has 0 aromatic heterocycles. The van der Waals surface area contributed by atoms with Gasteiger partial charge in [0, 0.05) is 26.1 Å². The van der Waals surface area contributed by atoms with Gasteiger partial charge in [-0.25, -0.2) is 0 Å². The fraction of sp³-hybridized carbons (Fsp3) is 0.962. The molecule has 0 spiro atoms. The first-order chi connectivity index (χ1) is 14.3. The Morgan fingerprint density at radius 3 is 2.53 bits per heavy atom. The van der Waals surface area contributed by atoms with Crippen molar-refractivity contribution in [3.8, 4) is 0 Å². The van der Waals surface area contributed by atoms with Gasteiger partial charge in [-0.05, 0) is 106 Å². The zero-order valence-corrected chi connectivity index (χ0v) is 19.9. The minimum absolute atomic E-state index is 0.206. The maximum Gasteiger partial charge on any atom is 0.225 e. The van der Waals surface area contributed by atoms with Crippen LogP contribution in [0.5, 0.6) is 0 Å². The van der Waals surface area contributed by atoms with Gasteiger partial charge in [0.1, 0.15) is 0 Å². The molecule has 0 saturated heterocycles. The van der Waals surface area contributed by atoms with E-state index in [4.69, 9.17) is 4.74 Å². The van der Waals surface area contributed by atoms with Crippen LogP contribution in [-0.2, 0) is 9.53 Å². The molecule has 0 bridgehead atoms. The molecule has 0 heterocycles. The number of nitrogens with zero attached hydrogens (tertiary/aromatic N) is 1. The van der Waals surface area contributed by atoms with Gasteiger partial charge in [0.25, 0.3) is 0 Å². The molecule has 172 valence electrons. The molecule has 4 rings (SSSR count). The van der Waals surface area contributed by atoms with E-state index in [2.05, 4.69) is 13.8 Å². The van der Waals surface area contributed by atoms with Crippen molar-refractivity contribution in [2.24, 2.45) is 40.9 Å². The molecular weight excluding hydrogens is 374 g/mol. The van der Waals surface area contributed by atoms with Gasteiger partial charge < -0.3 is 14.7 Å². The van der Waals surface area contributed by atoms with Crippen molar-refractivity contribution in [2.45, 2.75) is 90.6 Å². The molecule has 8 atom stereocenters. The van der Waals surface area contributed by atoms with E-state index in [1.165, 1.54) is 38.5 Å². The summed E-state index contributed by atoms with van der Waals surface area (Å²) in [5, 5.41) is 11.1. The first-order valence-corrected chi connectivity index (χ1v) is 12.9. The van der Waals surface area contributed by atoms with E-state index in [0.29, 0.717) is 25.0 Å². The van der Waals surface area contributed by atoms with Gasteiger partial charge in [0.05, 0.1) is 12.2 Å². The van der Waals surface area contributed by atoms with Crippen LogP contribution in [0, 0.1) is 40.9 Å². The lowest BCUT2D eigenvalue weighted by molar-refractivity contribution is -0.145. The average molecular weight is 420 g/mol. The van der Waals surface area contributed by atoms with Crippen molar-refractivity contribution < 1.29 is 14.6 Å². The minimum atomic E-state index is -0.595. The highest BCUT2D eigenvalue weighted by atomic mass is 16.5. The molecule has 1 N–H and O–H groups in total. The Labute approximate surface area is 184 Å². The number of rotatable bonds is 6. The van der Waals surface area contributed by atoms with E-state index in [1.54, 1.807) is 0 Å². The lowest BCUT2D eigenvalue weighted by Gasteiger charge is -2.57. The standard InChI is InChI=1S/C26H45NO3/c1-5-15-27(4)24(28)23-10-9-22-21-8-7-18-16-26(29,17-30-6-2)14-12-19(18)20(21)11-13-25(22,23)3/h18-23,29H,5-17H2,1-4H3/t18-,19+,20-,21-,22+,23-,25+,26-/m1/s1. The van der Waals surface area contributed by atoms with E-state index in [1.807, 2.05) is 18.9 Å². The zero-order chi connectivity index (χ0) is 21.5. The Hall–Kier alpha value is -0.610. The van der Waals surface area contributed by atoms with Gasteiger partial charge in [-0.3, -0.25) is 4.79 Å². The Morgan fingerprint density at radius 1 is 1.03 bits per heavy atom. The van der Waals surface area contributed by atoms with Crippen molar-refractivity contribution in [3.05, 3.63) is 0 Å². The molecule has 4 aliphatic carbocycles. The van der Waals surface area contributed by atoms with Crippen LogP contribution in [0.1, 0.15) is 85.0 Å². The van der Waals surface area contributed by atoms with Crippen LogP contribution >= 0.6 is 0 Å². The topological polar surface area (TPSA) is 49.8 Å². The summed E-state index contributed by atoms with van der Waals surface area (Å²) in [6.07, 6.45) is 11.5. The molecule has 4 heteroatoms. The summed E-state index contributed by atoms with van der Waals surface area (Å²) < 4.78 is 5.62. The third kappa shape index (κ3) is 3.85. The number of hydrogen-bond donors (Lipinski definition) is 1. The molecule has 4 aliphatic rings. The second-order valence-corrected chi connectivity index (χ2v) is 11.5. The van der Waals surface area contributed by atoms with Gasteiger partial charge >= 0.3 is 0 Å². The predicted octanol–water partition coefficient (Wildman–Crippen LogP) is 4.89. The number of amides is 1. The molecular formula is C26H45NO3. The smallest absolute Gasteiger partial charge is 0.225 e. The zero-order valence-electron chi connectivity index (χ0n) is 19.9. The summed E-state index contributed by atoms with van der Waals surface area (Å²) in [6.45, 7) is 8.71. The van der Waals surface area contributed by atoms with Gasteiger partial charge in [-0.2, -0.15) is 0 Å². The van der Waals surface area contributed by atoms with Gasteiger partial charge in [-0.1, -0.05) is 13.8 Å². The highest BCUT2D eigenvalue weighted by Gasteiger charge is 2.59. The monoisotopic (exact) mass is 419 g/mol. The van der Waals surface area contributed by atoms with Crippen LogP contribution in [0.3, 0.4) is 0 Å². The fourth-order valence-electron chi connectivity index (χ4n) is 8.50. The van der Waals surface area contributed by atoms with Gasteiger partial charge in [0.15, 0.2) is 0 Å². The van der Waals surface area contributed by atoms with Crippen molar-refractivity contribution in [1.82, 2.24) is 4.90 Å². The molecule has 4 saturated carbocycles. The number of fused-ring (bicyclic) bond motifs is 5. The fourth-order valence-corrected chi connectivity index (χ4v) is 8.50. The highest BCUT2D eigenvalue weighted by Crippen LogP contribution is 2.64. The first kappa shape index (κ1) is 22.6. The third-order valence-electron chi connectivity index (χ3n) is 9.91. The SMILES string of the molecule is CCCN(C)C(=O)[C@H]1CC[C@H]2[C@@H]3CC[C@@H]4C[C@@](O)(COCC)CC[C@@H]4[C@H]3CC[C@]12C. The van der Waals surface area contributed by atoms with Crippen molar-refractivity contribution in [1.29, 1.82) is 0 Å². The number of ether oxygens (including phenoxy) is 1. The normalized spacial score (nSPS) is 45.4. The summed E-state index contributed by atoms with van der Waals surface area (Å²) in [5.41, 5.74) is -0.389. The molecule has 0 aromatic rings. The molecule has 0 aromatic carbocycles. The van der Waals surface area contributed by atoms with Gasteiger partial charge in [-0.15, -0.1) is 0 Å². The summed E-state index contributed by atoms with van der Waals surface area (Å²) in [5.74, 6) is 4.45. The van der Waals surface area contributed by atoms with E-state index in [-0.39, 0.29) is 11.3 Å². The summed E-state index contributed by atoms with van der Waals surface area (Å²) in [4.78, 5) is 15.2. The van der Waals surface area contributed by atoms with Crippen molar-refractivity contribution in [2.75, 3.05) is 26.8 Å². The van der Waals surface area contributed by atoms with Crippen LogP contribution < -0.4 is 0 Å². The third-order valence-corrected chi connectivity index (χ3v) is 9.91. The second kappa shape index (κ2) is 8.73. The van der Waals surface area contributed by atoms with Crippen LogP contribution in [0.2, 0.25) is 0 Å². The van der Waals surface area contributed by atoms with E-state index in [9.17, 15) is 9.90 Å². The van der Waals surface area contributed by atoms with Crippen LogP contribution in [0.25, 0.3) is 0 Å². The molecule has 0 aliphatic heterocycles. The lowest BCUT2D eigenvalue weighted by Crippen LogP contribution is -2.53. The minimum Gasteiger partial charge on any atom is -0.387 e. The second-order valence-electron chi connectivity index (χ2n) is 11.5. The Kier molecular flexibility index (Phi) is 6.57. The van der Waals surface area contributed by atoms with Gasteiger partial charge in [0.2, 0.25) is 5.91 Å². The summed E-state index contributed by atoms with van der Waals surface area (Å²) in [7, 11) is 2.00. The maximum absolute atomic E-state index is 13.2. The van der Waals surface area contributed by atoms with E-state index >= 15 is 0 Å². The number of carbonyl (C=O) groups excluding carboxylic acids is 1. The number of carbonyl (C=O) groups is 1. The lowest BCUT2D eigenvalue weighted by atomic mass is 9.49. The quantitative estimate of drug-likeness (QED) is 0.667. The molecule has 4 nitrogen and oxygen atoms in total. The molecule has 0 radical (unpaired) electrons. The number of hydrogen-bond acceptors (Lipinski definition) is 3. The Bertz CT molecular complexity index is 623. The van der Waals surface area contributed by atoms with Crippen LogP contribution in [-0.4, -0.2) is 48.3 Å². The summed E-state index contributed by atoms with van der Waals surface area (Å²) >= 11 is 0. The Balaban J connectivity index is 1.45.